The van der Waals surface area contributed by atoms with Crippen LogP contribution in [0.2, 0.25) is 0 Å². The maximum Gasteiger partial charge on any atom is 0.122 e. The molecule has 1 heterocycles. The number of hydrogen-bond donors (Lipinski definition) is 2. The third-order valence-electron chi connectivity index (χ3n) is 3.97. The fourth-order valence-corrected chi connectivity index (χ4v) is 3.02. The van der Waals surface area contributed by atoms with Crippen molar-refractivity contribution in [1.29, 1.82) is 0 Å². The molecule has 0 amide bonds. The number of para-hydroxylation sites is 1. The molecule has 0 aliphatic carbocycles. The smallest absolute Gasteiger partial charge is 0.122 e. The highest BCUT2D eigenvalue weighted by Crippen LogP contribution is 2.39. The number of benzene rings is 1. The third kappa shape index (κ3) is 3.72. The summed E-state index contributed by atoms with van der Waals surface area (Å²) in [5.74, 6) is 1.26. The van der Waals surface area contributed by atoms with Crippen molar-refractivity contribution in [2.75, 3.05) is 26.9 Å². The van der Waals surface area contributed by atoms with E-state index in [0.717, 1.165) is 18.6 Å². The second kappa shape index (κ2) is 7.07. The topological polar surface area (TPSA) is 64.7 Å². The Morgan fingerprint density at radius 3 is 3.00 bits per heavy atom. The molecule has 0 saturated heterocycles. The van der Waals surface area contributed by atoms with Crippen LogP contribution in [0.15, 0.2) is 24.3 Å². The van der Waals surface area contributed by atoms with E-state index in [1.165, 1.54) is 5.56 Å². The highest BCUT2D eigenvalue weighted by molar-refractivity contribution is 5.37. The summed E-state index contributed by atoms with van der Waals surface area (Å²) in [6, 6.07) is 8.10. The lowest BCUT2D eigenvalue weighted by Gasteiger charge is -2.34. The predicted molar refractivity (Wildman–Crippen MR) is 79.0 cm³/mol. The summed E-state index contributed by atoms with van der Waals surface area (Å²) in [4.78, 5) is 0. The fourth-order valence-electron chi connectivity index (χ4n) is 3.02. The number of ether oxygens (including phenoxy) is 2. The zero-order chi connectivity index (χ0) is 14.4. The molecule has 0 spiro atoms. The molecule has 1 aliphatic rings. The van der Waals surface area contributed by atoms with Gasteiger partial charge in [-0.3, -0.25) is 0 Å². The van der Waals surface area contributed by atoms with Crippen LogP contribution in [0, 0.1) is 0 Å². The molecule has 1 aromatic carbocycles. The molecular formula is C16H25NO3. The molecule has 0 saturated carbocycles. The van der Waals surface area contributed by atoms with Gasteiger partial charge in [0.15, 0.2) is 0 Å². The maximum atomic E-state index is 10.8. The largest absolute Gasteiger partial charge is 0.493 e. The van der Waals surface area contributed by atoms with Crippen molar-refractivity contribution >= 4 is 0 Å². The molecule has 112 valence electrons. The van der Waals surface area contributed by atoms with E-state index in [4.69, 9.17) is 15.2 Å². The molecule has 2 atom stereocenters. The molecule has 4 heteroatoms. The van der Waals surface area contributed by atoms with Crippen molar-refractivity contribution in [1.82, 2.24) is 0 Å². The molecule has 0 fully saturated rings. The van der Waals surface area contributed by atoms with Gasteiger partial charge in [-0.15, -0.1) is 0 Å². The lowest BCUT2D eigenvalue weighted by Crippen LogP contribution is -2.37. The Morgan fingerprint density at radius 2 is 2.25 bits per heavy atom. The first kappa shape index (κ1) is 15.3. The molecule has 1 aromatic rings. The zero-order valence-corrected chi connectivity index (χ0v) is 12.2. The highest BCUT2D eigenvalue weighted by atomic mass is 16.5. The van der Waals surface area contributed by atoms with Crippen LogP contribution in [-0.4, -0.2) is 37.6 Å². The van der Waals surface area contributed by atoms with Gasteiger partial charge in [-0.05, 0) is 49.8 Å². The van der Waals surface area contributed by atoms with Crippen LogP contribution in [0.4, 0.5) is 0 Å². The Labute approximate surface area is 120 Å². The average Bonchev–Trinajstić information content (AvgIpc) is 2.46. The summed E-state index contributed by atoms with van der Waals surface area (Å²) in [6.45, 7) is 1.66. The predicted octanol–water partition coefficient (Wildman–Crippen LogP) is 2.06. The maximum absolute atomic E-state index is 10.8. The summed E-state index contributed by atoms with van der Waals surface area (Å²) in [6.07, 6.45) is 3.12. The van der Waals surface area contributed by atoms with Crippen LogP contribution >= 0.6 is 0 Å². The van der Waals surface area contributed by atoms with Gasteiger partial charge in [0.05, 0.1) is 18.8 Å². The van der Waals surface area contributed by atoms with Gasteiger partial charge in [0.25, 0.3) is 0 Å². The van der Waals surface area contributed by atoms with E-state index in [0.29, 0.717) is 38.5 Å². The van der Waals surface area contributed by atoms with Gasteiger partial charge in [0.2, 0.25) is 0 Å². The van der Waals surface area contributed by atoms with Gasteiger partial charge in [-0.25, -0.2) is 0 Å². The lowest BCUT2D eigenvalue weighted by atomic mass is 9.81. The monoisotopic (exact) mass is 279 g/mol. The molecule has 2 unspecified atom stereocenters. The van der Waals surface area contributed by atoms with Crippen LogP contribution in [0.25, 0.3) is 0 Å². The first-order valence-corrected chi connectivity index (χ1v) is 7.31. The van der Waals surface area contributed by atoms with Crippen molar-refractivity contribution < 1.29 is 14.6 Å². The van der Waals surface area contributed by atoms with Gasteiger partial charge in [0.1, 0.15) is 5.75 Å². The van der Waals surface area contributed by atoms with E-state index in [2.05, 4.69) is 6.07 Å². The Kier molecular flexibility index (Phi) is 5.40. The van der Waals surface area contributed by atoms with Crippen molar-refractivity contribution in [2.24, 2.45) is 5.73 Å². The van der Waals surface area contributed by atoms with Gasteiger partial charge in [-0.2, -0.15) is 0 Å². The molecule has 3 N–H and O–H groups in total. The van der Waals surface area contributed by atoms with E-state index < -0.39 is 5.60 Å². The van der Waals surface area contributed by atoms with Gasteiger partial charge in [0, 0.05) is 7.11 Å². The number of hydrogen-bond acceptors (Lipinski definition) is 4. The lowest BCUT2D eigenvalue weighted by molar-refractivity contribution is -0.0503. The molecule has 0 aromatic heterocycles. The first-order valence-electron chi connectivity index (χ1n) is 7.31. The number of aliphatic hydroxyl groups is 1. The fraction of sp³-hybridized carbons (Fsp3) is 0.625. The van der Waals surface area contributed by atoms with Gasteiger partial charge < -0.3 is 20.3 Å². The Bertz CT molecular complexity index is 424. The number of nitrogens with two attached hydrogens (primary N) is 1. The number of methoxy groups -OCH3 is 1. The molecule has 0 bridgehead atoms. The summed E-state index contributed by atoms with van der Waals surface area (Å²) in [5.41, 5.74) is 5.96. The molecule has 2 rings (SSSR count). The van der Waals surface area contributed by atoms with E-state index in [9.17, 15) is 5.11 Å². The van der Waals surface area contributed by atoms with E-state index in [1.807, 2.05) is 18.2 Å². The van der Waals surface area contributed by atoms with Crippen LogP contribution in [0.1, 0.15) is 37.2 Å². The Morgan fingerprint density at radius 1 is 1.45 bits per heavy atom. The van der Waals surface area contributed by atoms with Crippen LogP contribution in [-0.2, 0) is 4.74 Å². The third-order valence-corrected chi connectivity index (χ3v) is 3.97. The Balaban J connectivity index is 2.11. The Hall–Kier alpha value is -1.10. The minimum Gasteiger partial charge on any atom is -0.493 e. The quantitative estimate of drug-likeness (QED) is 0.802. The van der Waals surface area contributed by atoms with Crippen LogP contribution in [0.5, 0.6) is 5.75 Å². The molecule has 20 heavy (non-hydrogen) atoms. The van der Waals surface area contributed by atoms with E-state index in [-0.39, 0.29) is 0 Å². The zero-order valence-electron chi connectivity index (χ0n) is 12.2. The summed E-state index contributed by atoms with van der Waals surface area (Å²) >= 11 is 0. The van der Waals surface area contributed by atoms with E-state index >= 15 is 0 Å². The van der Waals surface area contributed by atoms with E-state index in [1.54, 1.807) is 7.11 Å². The first-order chi connectivity index (χ1) is 9.68. The van der Waals surface area contributed by atoms with Gasteiger partial charge in [-0.1, -0.05) is 18.2 Å². The van der Waals surface area contributed by atoms with Gasteiger partial charge >= 0.3 is 0 Å². The summed E-state index contributed by atoms with van der Waals surface area (Å²) < 4.78 is 10.9. The summed E-state index contributed by atoms with van der Waals surface area (Å²) in [5, 5.41) is 10.8. The van der Waals surface area contributed by atoms with Crippen molar-refractivity contribution in [3.8, 4) is 5.75 Å². The standard InChI is InChI=1S/C16H25NO3/c1-19-12-16(18,8-4-9-17)11-13-7-10-20-15-6-3-2-5-14(13)15/h2-3,5-6,13,18H,4,7-12,17H2,1H3. The molecular weight excluding hydrogens is 254 g/mol. The second-order valence-corrected chi connectivity index (χ2v) is 5.63. The van der Waals surface area contributed by atoms with Crippen LogP contribution < -0.4 is 10.5 Å². The highest BCUT2D eigenvalue weighted by Gasteiger charge is 2.33. The minimum absolute atomic E-state index is 0.317. The molecule has 4 nitrogen and oxygen atoms in total. The second-order valence-electron chi connectivity index (χ2n) is 5.63. The van der Waals surface area contributed by atoms with Crippen LogP contribution in [0.3, 0.4) is 0 Å². The normalized spacial score (nSPS) is 20.9. The summed E-state index contributed by atoms with van der Waals surface area (Å²) in [7, 11) is 1.63. The minimum atomic E-state index is -0.802. The SMILES string of the molecule is COCC(O)(CCCN)CC1CCOc2ccccc21. The molecule has 1 aliphatic heterocycles. The molecule has 0 radical (unpaired) electrons. The van der Waals surface area contributed by atoms with Crippen molar-refractivity contribution in [3.63, 3.8) is 0 Å². The number of rotatable bonds is 7. The average molecular weight is 279 g/mol. The number of fused-ring (bicyclic) bond motifs is 1. The van der Waals surface area contributed by atoms with Crippen molar-refractivity contribution in [3.05, 3.63) is 29.8 Å². The van der Waals surface area contributed by atoms with Crippen molar-refractivity contribution in [2.45, 2.75) is 37.2 Å².